The van der Waals surface area contributed by atoms with Crippen molar-refractivity contribution in [3.8, 4) is 17.1 Å². The summed E-state index contributed by atoms with van der Waals surface area (Å²) in [4.78, 5) is 43.8. The van der Waals surface area contributed by atoms with Crippen LogP contribution in [0.2, 0.25) is 0 Å². The van der Waals surface area contributed by atoms with Gasteiger partial charge in [0.25, 0.3) is 11.1 Å². The molecule has 0 fully saturated rings. The summed E-state index contributed by atoms with van der Waals surface area (Å²) < 4.78 is 12.7. The summed E-state index contributed by atoms with van der Waals surface area (Å²) in [6.07, 6.45) is -0.976. The molecule has 0 aliphatic rings. The average molecular weight is 654 g/mol. The molecule has 5 aromatic rings. The number of nitrogens with zero attached hydrogens (tertiary/aromatic N) is 5. The molecular formula is C33H31N7O8. The highest BCUT2D eigenvalue weighted by atomic mass is 16.9. The van der Waals surface area contributed by atoms with E-state index in [0.29, 0.717) is 52.0 Å². The maximum absolute atomic E-state index is 12.6. The first kappa shape index (κ1) is 32.9. The van der Waals surface area contributed by atoms with Crippen LogP contribution in [0.25, 0.3) is 22.2 Å². The van der Waals surface area contributed by atoms with Crippen LogP contribution in [0.3, 0.4) is 0 Å². The van der Waals surface area contributed by atoms with E-state index in [2.05, 4.69) is 14.9 Å². The van der Waals surface area contributed by atoms with Crippen molar-refractivity contribution in [1.29, 1.82) is 0 Å². The normalized spacial score (nSPS) is 11.2. The van der Waals surface area contributed by atoms with E-state index in [4.69, 9.17) is 21.1 Å². The molecule has 0 atom stereocenters. The van der Waals surface area contributed by atoms with Gasteiger partial charge in [-0.3, -0.25) is 4.57 Å². The number of para-hydroxylation sites is 1. The highest BCUT2D eigenvalue weighted by Crippen LogP contribution is 2.28. The lowest BCUT2D eigenvalue weighted by Gasteiger charge is -2.15. The smallest absolute Gasteiger partial charge is 0.445 e. The van der Waals surface area contributed by atoms with Crippen LogP contribution in [-0.4, -0.2) is 49.4 Å². The molecule has 48 heavy (non-hydrogen) atoms. The summed E-state index contributed by atoms with van der Waals surface area (Å²) in [6.45, 7) is 2.08. The molecule has 15 heteroatoms. The van der Waals surface area contributed by atoms with Gasteiger partial charge in [0, 0.05) is 5.56 Å². The number of benzene rings is 4. The molecule has 5 rings (SSSR count). The Bertz CT molecular complexity index is 1990. The van der Waals surface area contributed by atoms with Crippen LogP contribution in [-0.2, 0) is 29.3 Å². The second kappa shape index (κ2) is 14.7. The van der Waals surface area contributed by atoms with Crippen LogP contribution in [0.1, 0.15) is 39.5 Å². The van der Waals surface area contributed by atoms with E-state index < -0.39 is 17.1 Å². The minimum absolute atomic E-state index is 0.0412. The zero-order chi connectivity index (χ0) is 34.2. The molecule has 1 amide bonds. The first-order valence-corrected chi connectivity index (χ1v) is 14.6. The van der Waals surface area contributed by atoms with E-state index in [1.807, 2.05) is 43.3 Å². The van der Waals surface area contributed by atoms with Gasteiger partial charge in [0.2, 0.25) is 0 Å². The van der Waals surface area contributed by atoms with Crippen LogP contribution in [0.15, 0.2) is 96.1 Å². The molecule has 1 aromatic heterocycles. The molecule has 0 bridgehead atoms. The van der Waals surface area contributed by atoms with E-state index in [-0.39, 0.29) is 24.6 Å². The van der Waals surface area contributed by atoms with Gasteiger partial charge < -0.3 is 25.2 Å². The highest BCUT2D eigenvalue weighted by molar-refractivity contribution is 6.04. The van der Waals surface area contributed by atoms with Gasteiger partial charge in [0.15, 0.2) is 5.84 Å². The maximum Gasteiger partial charge on any atom is 0.445 e. The molecule has 0 aliphatic carbocycles. The van der Waals surface area contributed by atoms with E-state index >= 15 is 0 Å². The minimum atomic E-state index is -1.06. The molecule has 1 heterocycles. The number of amidine groups is 1. The molecule has 0 spiro atoms. The van der Waals surface area contributed by atoms with E-state index in [9.17, 15) is 24.8 Å². The number of imidazole rings is 1. The number of aromatic carboxylic acids is 1. The first-order chi connectivity index (χ1) is 23.1. The van der Waals surface area contributed by atoms with Gasteiger partial charge in [0.1, 0.15) is 13.2 Å². The number of fused-ring (bicyclic) bond motifs is 1. The maximum atomic E-state index is 12.6. The van der Waals surface area contributed by atoms with Crippen LogP contribution >= 0.6 is 0 Å². The van der Waals surface area contributed by atoms with Crippen molar-refractivity contribution in [3.63, 3.8) is 0 Å². The Balaban J connectivity index is 1.31. The molecule has 0 saturated heterocycles. The molecular weight excluding hydrogens is 622 g/mol. The molecule has 0 aliphatic heterocycles. The number of amides is 1. The third-order valence-corrected chi connectivity index (χ3v) is 7.14. The van der Waals surface area contributed by atoms with Crippen molar-refractivity contribution >= 4 is 28.9 Å². The lowest BCUT2D eigenvalue weighted by molar-refractivity contribution is -0.763. The lowest BCUT2D eigenvalue weighted by atomic mass is 9.98. The Hall–Kier alpha value is -6.48. The predicted octanol–water partition coefficient (Wildman–Crippen LogP) is 4.69. The molecule has 4 aromatic carbocycles. The van der Waals surface area contributed by atoms with Crippen molar-refractivity contribution in [2.24, 2.45) is 16.7 Å². The number of hydrogen-bond acceptors (Lipinski definition) is 10. The van der Waals surface area contributed by atoms with E-state index in [1.165, 1.54) is 6.07 Å². The van der Waals surface area contributed by atoms with Gasteiger partial charge in [-0.2, -0.15) is 4.98 Å². The Labute approximate surface area is 273 Å². The fourth-order valence-electron chi connectivity index (χ4n) is 5.01. The Morgan fingerprint density at radius 1 is 0.958 bits per heavy atom. The first-order valence-electron chi connectivity index (χ1n) is 14.6. The number of rotatable bonds is 13. The Kier molecular flexibility index (Phi) is 10.1. The summed E-state index contributed by atoms with van der Waals surface area (Å²) in [5.41, 5.74) is 11.4. The van der Waals surface area contributed by atoms with Crippen molar-refractivity contribution in [1.82, 2.24) is 14.7 Å². The highest BCUT2D eigenvalue weighted by Gasteiger charge is 2.19. The third-order valence-electron chi connectivity index (χ3n) is 7.14. The van der Waals surface area contributed by atoms with Crippen molar-refractivity contribution in [2.45, 2.75) is 26.7 Å². The SMILES string of the molecule is CCOc1nc2cccc(C(=O)O)c2n1Cc1ccc(-c2ccccc2/C(N)=N/N(N)C(=O)OCc2cccc(CO[N+](=O)[O-])c2)cc1. The number of hydrogen-bond donors (Lipinski definition) is 3. The number of carboxylic acid groups (broad SMARTS) is 1. The fourth-order valence-corrected chi connectivity index (χ4v) is 5.01. The lowest BCUT2D eigenvalue weighted by Crippen LogP contribution is -2.35. The number of hydrazine groups is 1. The van der Waals surface area contributed by atoms with Crippen LogP contribution < -0.4 is 16.3 Å². The average Bonchev–Trinajstić information content (AvgIpc) is 3.43. The number of ether oxygens (including phenoxy) is 2. The zero-order valence-corrected chi connectivity index (χ0v) is 25.7. The van der Waals surface area contributed by atoms with Gasteiger partial charge in [-0.1, -0.05) is 78.9 Å². The Morgan fingerprint density at radius 2 is 1.65 bits per heavy atom. The van der Waals surface area contributed by atoms with Gasteiger partial charge in [-0.05, 0) is 46.9 Å². The molecule has 0 saturated carbocycles. The predicted molar refractivity (Wildman–Crippen MR) is 174 cm³/mol. The van der Waals surface area contributed by atoms with Gasteiger partial charge in [-0.25, -0.2) is 15.4 Å². The summed E-state index contributed by atoms with van der Waals surface area (Å²) >= 11 is 0. The van der Waals surface area contributed by atoms with Crippen molar-refractivity contribution < 1.29 is 34.1 Å². The second-order valence-electron chi connectivity index (χ2n) is 10.3. The van der Waals surface area contributed by atoms with E-state index in [0.717, 1.165) is 16.7 Å². The molecule has 0 radical (unpaired) electrons. The minimum Gasteiger partial charge on any atom is -0.478 e. The zero-order valence-electron chi connectivity index (χ0n) is 25.7. The van der Waals surface area contributed by atoms with Crippen LogP contribution in [0.4, 0.5) is 4.79 Å². The monoisotopic (exact) mass is 653 g/mol. The number of hydrazone groups is 1. The Morgan fingerprint density at radius 3 is 2.35 bits per heavy atom. The van der Waals surface area contributed by atoms with E-state index in [1.54, 1.807) is 53.1 Å². The molecule has 246 valence electrons. The van der Waals surface area contributed by atoms with Crippen molar-refractivity contribution in [2.75, 3.05) is 6.61 Å². The van der Waals surface area contributed by atoms with Gasteiger partial charge in [0.05, 0.1) is 29.7 Å². The van der Waals surface area contributed by atoms with Gasteiger partial charge in [-0.15, -0.1) is 20.3 Å². The van der Waals surface area contributed by atoms with Crippen LogP contribution in [0.5, 0.6) is 6.01 Å². The number of carbonyl (C=O) groups is 2. The third kappa shape index (κ3) is 7.66. The standard InChI is InChI=1S/C33H31N7O8/c1-2-46-32-36-28-12-6-11-27(31(41)42)29(28)38(32)18-21-13-15-24(16-14-21)25-9-3-4-10-26(25)30(34)37-39(35)33(43)47-19-22-7-5-8-23(17-22)20-48-40(44)45/h3-17H,2,18-20,35H2,1H3,(H2,34,37)(H,41,42). The summed E-state index contributed by atoms with van der Waals surface area (Å²) in [5.74, 6) is 4.74. The number of nitrogens with two attached hydrogens (primary N) is 2. The number of carboxylic acids is 1. The van der Waals surface area contributed by atoms with Crippen molar-refractivity contribution in [3.05, 3.63) is 129 Å². The number of aromatic nitrogens is 2. The van der Waals surface area contributed by atoms with Gasteiger partial charge >= 0.3 is 12.1 Å². The second-order valence-corrected chi connectivity index (χ2v) is 10.3. The largest absolute Gasteiger partial charge is 0.478 e. The molecule has 0 unspecified atom stereocenters. The molecule has 5 N–H and O–H groups in total. The summed E-state index contributed by atoms with van der Waals surface area (Å²) in [6, 6.07) is 26.5. The topological polar surface area (TPSA) is 211 Å². The fraction of sp³-hybridized carbons (Fsp3) is 0.152. The summed E-state index contributed by atoms with van der Waals surface area (Å²) in [7, 11) is 0. The quantitative estimate of drug-likeness (QED) is 0.0396. The van der Waals surface area contributed by atoms with Crippen LogP contribution in [0, 0.1) is 10.1 Å². The molecule has 15 nitrogen and oxygen atoms in total. The number of carbonyl (C=O) groups excluding carboxylic acids is 1. The summed E-state index contributed by atoms with van der Waals surface area (Å²) in [5, 5.41) is 23.9.